The molecule has 0 bridgehead atoms. The van der Waals surface area contributed by atoms with Gasteiger partial charge in [0.05, 0.1) is 0 Å². The predicted octanol–water partition coefficient (Wildman–Crippen LogP) is 4.53. The van der Waals surface area contributed by atoms with Crippen molar-refractivity contribution in [2.24, 2.45) is 0 Å². The Morgan fingerprint density at radius 3 is 3.00 bits per heavy atom. The maximum absolute atomic E-state index is 4.49. The van der Waals surface area contributed by atoms with Gasteiger partial charge in [-0.05, 0) is 52.4 Å². The van der Waals surface area contributed by atoms with Gasteiger partial charge in [-0.15, -0.1) is 0 Å². The normalized spacial score (nSPS) is 23.5. The Morgan fingerprint density at radius 1 is 1.64 bits per heavy atom. The third-order valence-electron chi connectivity index (χ3n) is 3.04. The summed E-state index contributed by atoms with van der Waals surface area (Å²) in [6, 6.07) is 0. The molecule has 0 aromatic heterocycles. The lowest BCUT2D eigenvalue weighted by Gasteiger charge is -2.17. The van der Waals surface area contributed by atoms with Crippen LogP contribution >= 0.6 is 12.6 Å². The van der Waals surface area contributed by atoms with E-state index in [4.69, 9.17) is 0 Å². The fourth-order valence-corrected chi connectivity index (χ4v) is 2.07. The summed E-state index contributed by atoms with van der Waals surface area (Å²) in [7, 11) is 0. The van der Waals surface area contributed by atoms with E-state index in [9.17, 15) is 0 Å². The molecule has 0 amide bonds. The molecule has 80 valence electrons. The van der Waals surface area contributed by atoms with E-state index in [2.05, 4.69) is 38.6 Å². The van der Waals surface area contributed by atoms with Gasteiger partial charge in [-0.25, -0.2) is 0 Å². The second kappa shape index (κ2) is 6.34. The van der Waals surface area contributed by atoms with Crippen molar-refractivity contribution in [2.75, 3.05) is 0 Å². The molecule has 0 saturated heterocycles. The lowest BCUT2D eigenvalue weighted by atomic mass is 9.94. The summed E-state index contributed by atoms with van der Waals surface area (Å²) in [5, 5.41) is 0.621. The van der Waals surface area contributed by atoms with Crippen molar-refractivity contribution in [3.05, 3.63) is 23.3 Å². The molecule has 0 radical (unpaired) electrons. The van der Waals surface area contributed by atoms with E-state index in [0.29, 0.717) is 5.25 Å². The molecule has 0 aromatic rings. The first-order valence-corrected chi connectivity index (χ1v) is 6.21. The topological polar surface area (TPSA) is 0 Å². The first-order valence-electron chi connectivity index (χ1n) is 5.70. The molecule has 0 aliphatic heterocycles. The highest BCUT2D eigenvalue weighted by molar-refractivity contribution is 7.80. The van der Waals surface area contributed by atoms with Gasteiger partial charge in [-0.3, -0.25) is 0 Å². The number of thiol groups is 1. The second-order valence-electron chi connectivity index (χ2n) is 4.28. The molecule has 1 aliphatic carbocycles. The van der Waals surface area contributed by atoms with Gasteiger partial charge in [-0.1, -0.05) is 23.3 Å². The Bertz CT molecular complexity index is 225. The standard InChI is InChI=1S/C13H22S/c1-3-11(2)5-4-6-12-7-9-13(14)10-8-12/h3,7,13-14H,4-6,8-10H2,1-2H3/b11-3-. The van der Waals surface area contributed by atoms with E-state index < -0.39 is 0 Å². The molecule has 0 fully saturated rings. The second-order valence-corrected chi connectivity index (χ2v) is 5.01. The number of hydrogen-bond donors (Lipinski definition) is 1. The van der Waals surface area contributed by atoms with E-state index in [1.807, 2.05) is 0 Å². The SMILES string of the molecule is C/C=C(/C)CCCC1=CCC(S)CC1. The summed E-state index contributed by atoms with van der Waals surface area (Å²) in [4.78, 5) is 0. The molecule has 0 saturated carbocycles. The molecule has 1 unspecified atom stereocenters. The monoisotopic (exact) mass is 210 g/mol. The molecular formula is C13H22S. The fraction of sp³-hybridized carbons (Fsp3) is 0.692. The van der Waals surface area contributed by atoms with E-state index in [1.54, 1.807) is 5.57 Å². The maximum atomic E-state index is 4.49. The van der Waals surface area contributed by atoms with Crippen LogP contribution in [0.1, 0.15) is 52.4 Å². The van der Waals surface area contributed by atoms with Gasteiger partial charge in [0.15, 0.2) is 0 Å². The van der Waals surface area contributed by atoms with Crippen LogP contribution in [0.5, 0.6) is 0 Å². The highest BCUT2D eigenvalue weighted by atomic mass is 32.1. The Kier molecular flexibility index (Phi) is 5.39. The van der Waals surface area contributed by atoms with Crippen LogP contribution in [-0.4, -0.2) is 5.25 Å². The van der Waals surface area contributed by atoms with Gasteiger partial charge in [0.2, 0.25) is 0 Å². The van der Waals surface area contributed by atoms with Crippen LogP contribution in [0.2, 0.25) is 0 Å². The van der Waals surface area contributed by atoms with Gasteiger partial charge < -0.3 is 0 Å². The van der Waals surface area contributed by atoms with Crippen LogP contribution in [0.4, 0.5) is 0 Å². The highest BCUT2D eigenvalue weighted by Crippen LogP contribution is 2.25. The van der Waals surface area contributed by atoms with Crippen LogP contribution in [-0.2, 0) is 0 Å². The fourth-order valence-electron chi connectivity index (χ4n) is 1.84. The highest BCUT2D eigenvalue weighted by Gasteiger charge is 2.09. The third-order valence-corrected chi connectivity index (χ3v) is 3.51. The Labute approximate surface area is 93.9 Å². The average Bonchev–Trinajstić information content (AvgIpc) is 2.21. The molecule has 1 aliphatic rings. The molecule has 1 heteroatoms. The van der Waals surface area contributed by atoms with Crippen LogP contribution in [0.15, 0.2) is 23.3 Å². The zero-order valence-electron chi connectivity index (χ0n) is 9.42. The van der Waals surface area contributed by atoms with Crippen molar-refractivity contribution in [3.63, 3.8) is 0 Å². The van der Waals surface area contributed by atoms with Crippen LogP contribution in [0, 0.1) is 0 Å². The smallest absolute Gasteiger partial charge is 0.00544 e. The van der Waals surface area contributed by atoms with Crippen molar-refractivity contribution in [1.29, 1.82) is 0 Å². The average molecular weight is 210 g/mol. The quantitative estimate of drug-likeness (QED) is 0.511. The molecular weight excluding hydrogens is 188 g/mol. The van der Waals surface area contributed by atoms with Crippen LogP contribution in [0.3, 0.4) is 0 Å². The number of rotatable bonds is 4. The summed E-state index contributed by atoms with van der Waals surface area (Å²) < 4.78 is 0. The van der Waals surface area contributed by atoms with E-state index in [1.165, 1.54) is 44.1 Å². The number of allylic oxidation sites excluding steroid dienone is 4. The lowest BCUT2D eigenvalue weighted by Crippen LogP contribution is -2.04. The molecule has 1 rings (SSSR count). The largest absolute Gasteiger partial charge is 0.176 e. The number of hydrogen-bond acceptors (Lipinski definition) is 1. The molecule has 14 heavy (non-hydrogen) atoms. The van der Waals surface area contributed by atoms with Crippen LogP contribution in [0.25, 0.3) is 0 Å². The van der Waals surface area contributed by atoms with Gasteiger partial charge in [0.1, 0.15) is 0 Å². The molecule has 1 atom stereocenters. The van der Waals surface area contributed by atoms with E-state index >= 15 is 0 Å². The third kappa shape index (κ3) is 4.36. The molecule has 0 spiro atoms. The Hall–Kier alpha value is -0.170. The Morgan fingerprint density at radius 2 is 2.43 bits per heavy atom. The summed E-state index contributed by atoms with van der Waals surface area (Å²) >= 11 is 4.49. The van der Waals surface area contributed by atoms with Crippen molar-refractivity contribution in [2.45, 2.75) is 57.6 Å². The first kappa shape index (κ1) is 11.9. The van der Waals surface area contributed by atoms with E-state index in [0.717, 1.165) is 0 Å². The van der Waals surface area contributed by atoms with Crippen molar-refractivity contribution < 1.29 is 0 Å². The van der Waals surface area contributed by atoms with Gasteiger partial charge in [0.25, 0.3) is 0 Å². The summed E-state index contributed by atoms with van der Waals surface area (Å²) in [5.74, 6) is 0. The molecule has 0 heterocycles. The van der Waals surface area contributed by atoms with Gasteiger partial charge in [0, 0.05) is 5.25 Å². The Balaban J connectivity index is 2.19. The molecule has 0 N–H and O–H groups in total. The van der Waals surface area contributed by atoms with Gasteiger partial charge >= 0.3 is 0 Å². The summed E-state index contributed by atoms with van der Waals surface area (Å²) in [6.07, 6.45) is 12.2. The minimum absolute atomic E-state index is 0.621. The zero-order chi connectivity index (χ0) is 10.4. The minimum Gasteiger partial charge on any atom is -0.176 e. The maximum Gasteiger partial charge on any atom is 0.00544 e. The predicted molar refractivity (Wildman–Crippen MR) is 68.0 cm³/mol. The molecule has 0 nitrogen and oxygen atoms in total. The van der Waals surface area contributed by atoms with Gasteiger partial charge in [-0.2, -0.15) is 12.6 Å². The zero-order valence-corrected chi connectivity index (χ0v) is 10.3. The summed E-state index contributed by atoms with van der Waals surface area (Å²) in [5.41, 5.74) is 3.19. The molecule has 0 aromatic carbocycles. The lowest BCUT2D eigenvalue weighted by molar-refractivity contribution is 0.672. The van der Waals surface area contributed by atoms with Crippen molar-refractivity contribution in [3.8, 4) is 0 Å². The first-order chi connectivity index (χ1) is 6.72. The van der Waals surface area contributed by atoms with Crippen LogP contribution < -0.4 is 0 Å². The van der Waals surface area contributed by atoms with E-state index in [-0.39, 0.29) is 0 Å². The van der Waals surface area contributed by atoms with Crippen molar-refractivity contribution >= 4 is 12.6 Å². The van der Waals surface area contributed by atoms with Crippen molar-refractivity contribution in [1.82, 2.24) is 0 Å². The minimum atomic E-state index is 0.621. The summed E-state index contributed by atoms with van der Waals surface area (Å²) in [6.45, 7) is 4.35.